The molecule has 41 heavy (non-hydrogen) atoms. The molecule has 0 bridgehead atoms. The Morgan fingerprint density at radius 3 is 2.27 bits per heavy atom. The third kappa shape index (κ3) is 7.58. The number of anilines is 1. The number of amides is 2. The number of rotatable bonds is 11. The monoisotopic (exact) mass is 619 g/mol. The highest BCUT2D eigenvalue weighted by Gasteiger charge is 2.34. The molecule has 1 saturated carbocycles. The zero-order chi connectivity index (χ0) is 29.6. The molecular formula is C30H32Cl2FN3O4S. The molecule has 0 radical (unpaired) electrons. The first kappa shape index (κ1) is 30.8. The van der Waals surface area contributed by atoms with Crippen LogP contribution in [-0.4, -0.2) is 43.8 Å². The topological polar surface area (TPSA) is 86.8 Å². The number of sulfonamides is 1. The predicted molar refractivity (Wildman–Crippen MR) is 159 cm³/mol. The predicted octanol–water partition coefficient (Wildman–Crippen LogP) is 6.19. The van der Waals surface area contributed by atoms with Crippen LogP contribution in [-0.2, 0) is 26.2 Å². The first-order valence-electron chi connectivity index (χ1n) is 13.5. The minimum absolute atomic E-state index is 0.0294. The number of carbonyl (C=O) groups is 2. The minimum Gasteiger partial charge on any atom is -0.352 e. The largest absolute Gasteiger partial charge is 0.352 e. The van der Waals surface area contributed by atoms with Crippen molar-refractivity contribution in [2.24, 2.45) is 0 Å². The van der Waals surface area contributed by atoms with Gasteiger partial charge in [-0.25, -0.2) is 12.8 Å². The lowest BCUT2D eigenvalue weighted by Gasteiger charge is -2.34. The fourth-order valence-electron chi connectivity index (χ4n) is 4.98. The fraction of sp³-hybridized carbons (Fsp3) is 0.333. The summed E-state index contributed by atoms with van der Waals surface area (Å²) in [5.41, 5.74) is 0.660. The van der Waals surface area contributed by atoms with Crippen LogP contribution in [0.15, 0.2) is 77.7 Å². The highest BCUT2D eigenvalue weighted by atomic mass is 35.5. The summed E-state index contributed by atoms with van der Waals surface area (Å²) in [5, 5.41) is 3.79. The van der Waals surface area contributed by atoms with E-state index in [4.69, 9.17) is 23.2 Å². The Morgan fingerprint density at radius 1 is 1.00 bits per heavy atom. The van der Waals surface area contributed by atoms with Crippen molar-refractivity contribution in [2.75, 3.05) is 10.8 Å². The Morgan fingerprint density at radius 2 is 1.66 bits per heavy atom. The Bertz CT molecular complexity index is 1470. The summed E-state index contributed by atoms with van der Waals surface area (Å²) in [5.74, 6) is -1.48. The van der Waals surface area contributed by atoms with Crippen molar-refractivity contribution in [3.8, 4) is 0 Å². The van der Waals surface area contributed by atoms with Gasteiger partial charge in [-0.3, -0.25) is 13.9 Å². The molecule has 0 heterocycles. The van der Waals surface area contributed by atoms with Crippen LogP contribution in [0.4, 0.5) is 10.1 Å². The van der Waals surface area contributed by atoms with E-state index < -0.39 is 34.3 Å². The van der Waals surface area contributed by atoms with Gasteiger partial charge >= 0.3 is 0 Å². The maximum Gasteiger partial charge on any atom is 0.264 e. The Hall–Kier alpha value is -3.14. The van der Waals surface area contributed by atoms with Crippen LogP contribution >= 0.6 is 23.2 Å². The van der Waals surface area contributed by atoms with E-state index in [9.17, 15) is 22.4 Å². The molecule has 3 aromatic rings. The number of halogens is 3. The van der Waals surface area contributed by atoms with Gasteiger partial charge in [-0.2, -0.15) is 0 Å². The van der Waals surface area contributed by atoms with Gasteiger partial charge in [-0.15, -0.1) is 0 Å². The third-order valence-electron chi connectivity index (χ3n) is 7.17. The highest BCUT2D eigenvalue weighted by Crippen LogP contribution is 2.27. The van der Waals surface area contributed by atoms with Crippen LogP contribution in [0, 0.1) is 5.82 Å². The van der Waals surface area contributed by atoms with E-state index in [1.54, 1.807) is 43.3 Å². The second-order valence-corrected chi connectivity index (χ2v) is 12.7. The number of benzene rings is 3. The van der Waals surface area contributed by atoms with Gasteiger partial charge in [-0.05, 0) is 73.4 Å². The summed E-state index contributed by atoms with van der Waals surface area (Å²) in [4.78, 5) is 28.9. The SMILES string of the molecule is CC[C@H](C(=O)NC1CCCC1)N(Cc1ccc(Cl)cc1Cl)C(=O)CN(c1ccc(F)cc1)S(=O)(=O)c1ccccc1. The quantitative estimate of drug-likeness (QED) is 0.277. The standard InChI is InChI=1S/C30H32Cl2FN3O4S/c1-2-28(30(38)34-24-8-6-7-9-24)35(19-21-12-13-22(31)18-27(21)32)29(37)20-36(25-16-14-23(33)15-17-25)41(39,40)26-10-4-3-5-11-26/h3-5,10-18,24,28H,2,6-9,19-20H2,1H3,(H,34,38)/t28-/m1/s1. The molecule has 0 unspecified atom stereocenters. The molecule has 4 rings (SSSR count). The van der Waals surface area contributed by atoms with Crippen molar-refractivity contribution >= 4 is 50.7 Å². The summed E-state index contributed by atoms with van der Waals surface area (Å²) in [7, 11) is -4.23. The van der Waals surface area contributed by atoms with Crippen LogP contribution in [0.3, 0.4) is 0 Å². The first-order chi connectivity index (χ1) is 19.6. The van der Waals surface area contributed by atoms with Crippen molar-refractivity contribution in [1.82, 2.24) is 10.2 Å². The average Bonchev–Trinajstić information content (AvgIpc) is 3.46. The van der Waals surface area contributed by atoms with E-state index >= 15 is 0 Å². The Labute approximate surface area is 250 Å². The summed E-state index contributed by atoms with van der Waals surface area (Å²) in [6.45, 7) is 1.12. The number of carbonyl (C=O) groups excluding carboxylic acids is 2. The summed E-state index contributed by atoms with van der Waals surface area (Å²) >= 11 is 12.5. The lowest BCUT2D eigenvalue weighted by molar-refractivity contribution is -0.140. The van der Waals surface area contributed by atoms with Crippen molar-refractivity contribution in [3.63, 3.8) is 0 Å². The average molecular weight is 621 g/mol. The maximum absolute atomic E-state index is 14.1. The Balaban J connectivity index is 1.72. The van der Waals surface area contributed by atoms with Crippen LogP contribution in [0.1, 0.15) is 44.6 Å². The van der Waals surface area contributed by atoms with E-state index in [2.05, 4.69) is 5.32 Å². The van der Waals surface area contributed by atoms with Crippen LogP contribution in [0.5, 0.6) is 0 Å². The first-order valence-corrected chi connectivity index (χ1v) is 15.7. The van der Waals surface area contributed by atoms with Crippen LogP contribution in [0.25, 0.3) is 0 Å². The second kappa shape index (κ2) is 13.7. The molecule has 1 N–H and O–H groups in total. The Kier molecular flexibility index (Phi) is 10.3. The van der Waals surface area contributed by atoms with E-state index in [1.807, 2.05) is 0 Å². The zero-order valence-corrected chi connectivity index (χ0v) is 24.9. The molecule has 1 aliphatic carbocycles. The summed E-state index contributed by atoms with van der Waals surface area (Å²) in [6.07, 6.45) is 4.07. The minimum atomic E-state index is -4.23. The highest BCUT2D eigenvalue weighted by molar-refractivity contribution is 7.92. The normalized spacial score (nSPS) is 14.4. The molecule has 1 fully saturated rings. The van der Waals surface area contributed by atoms with Gasteiger partial charge in [0.2, 0.25) is 11.8 Å². The van der Waals surface area contributed by atoms with Crippen molar-refractivity contribution in [3.05, 3.63) is 94.2 Å². The smallest absolute Gasteiger partial charge is 0.264 e. The fourth-order valence-corrected chi connectivity index (χ4v) is 6.88. The van der Waals surface area contributed by atoms with Crippen molar-refractivity contribution in [1.29, 1.82) is 0 Å². The molecule has 1 aliphatic rings. The lowest BCUT2D eigenvalue weighted by Crippen LogP contribution is -2.53. The van der Waals surface area contributed by atoms with E-state index in [-0.39, 0.29) is 35.5 Å². The van der Waals surface area contributed by atoms with E-state index in [1.165, 1.54) is 29.2 Å². The molecular weight excluding hydrogens is 588 g/mol. The summed E-state index contributed by atoms with van der Waals surface area (Å²) < 4.78 is 42.3. The molecule has 2 amide bonds. The molecule has 0 saturated heterocycles. The zero-order valence-electron chi connectivity index (χ0n) is 22.6. The van der Waals surface area contributed by atoms with Gasteiger partial charge in [0.15, 0.2) is 0 Å². The van der Waals surface area contributed by atoms with Gasteiger partial charge in [0.05, 0.1) is 10.6 Å². The van der Waals surface area contributed by atoms with Gasteiger partial charge in [0, 0.05) is 22.6 Å². The summed E-state index contributed by atoms with van der Waals surface area (Å²) in [6, 6.07) is 16.5. The molecule has 3 aromatic carbocycles. The number of hydrogen-bond acceptors (Lipinski definition) is 4. The molecule has 1 atom stereocenters. The van der Waals surface area contributed by atoms with E-state index in [0.29, 0.717) is 15.6 Å². The van der Waals surface area contributed by atoms with Crippen LogP contribution < -0.4 is 9.62 Å². The number of hydrogen-bond donors (Lipinski definition) is 1. The molecule has 11 heteroatoms. The third-order valence-corrected chi connectivity index (χ3v) is 9.54. The van der Waals surface area contributed by atoms with Crippen LogP contribution in [0.2, 0.25) is 10.0 Å². The molecule has 7 nitrogen and oxygen atoms in total. The van der Waals surface area contributed by atoms with Gasteiger partial charge in [0.25, 0.3) is 10.0 Å². The van der Waals surface area contributed by atoms with Gasteiger partial charge < -0.3 is 10.2 Å². The van der Waals surface area contributed by atoms with E-state index in [0.717, 1.165) is 42.1 Å². The van der Waals surface area contributed by atoms with Gasteiger partial charge in [0.1, 0.15) is 18.4 Å². The van der Waals surface area contributed by atoms with Gasteiger partial charge in [-0.1, -0.05) is 67.2 Å². The maximum atomic E-state index is 14.1. The van der Waals surface area contributed by atoms with Crippen molar-refractivity contribution in [2.45, 2.75) is 62.6 Å². The molecule has 0 aliphatic heterocycles. The number of nitrogens with zero attached hydrogens (tertiary/aromatic N) is 2. The molecule has 218 valence electrons. The lowest BCUT2D eigenvalue weighted by atomic mass is 10.1. The molecule has 0 spiro atoms. The second-order valence-electron chi connectivity index (χ2n) is 9.97. The van der Waals surface area contributed by atoms with Crippen molar-refractivity contribution < 1.29 is 22.4 Å². The molecule has 0 aromatic heterocycles. The number of nitrogens with one attached hydrogen (secondary N) is 1.